The van der Waals surface area contributed by atoms with Gasteiger partial charge in [0.15, 0.2) is 0 Å². The van der Waals surface area contributed by atoms with Gasteiger partial charge in [-0.2, -0.15) is 0 Å². The molecule has 2 N–H and O–H groups in total. The van der Waals surface area contributed by atoms with Gasteiger partial charge in [0.05, 0.1) is 6.61 Å². The van der Waals surface area contributed by atoms with E-state index in [-0.39, 0.29) is 5.97 Å². The van der Waals surface area contributed by atoms with Gasteiger partial charge in [-0.1, -0.05) is 83.6 Å². The molecular weight excluding hydrogens is 334 g/mol. The molecule has 0 saturated heterocycles. The minimum atomic E-state index is -0.463. The summed E-state index contributed by atoms with van der Waals surface area (Å²) in [6, 6.07) is -0.463. The van der Waals surface area contributed by atoms with Gasteiger partial charge >= 0.3 is 5.97 Å². The molecule has 0 amide bonds. The summed E-state index contributed by atoms with van der Waals surface area (Å²) in [5.41, 5.74) is 5.81. The Hall–Kier alpha value is -1.09. The molecule has 0 aliphatic rings. The predicted octanol–water partition coefficient (Wildman–Crippen LogP) is 6.72. The van der Waals surface area contributed by atoms with Crippen LogP contribution in [0.15, 0.2) is 24.3 Å². The summed E-state index contributed by atoms with van der Waals surface area (Å²) >= 11 is 0. The molecule has 0 radical (unpaired) electrons. The molecule has 0 spiro atoms. The average Bonchev–Trinajstić information content (AvgIpc) is 2.63. The van der Waals surface area contributed by atoms with Gasteiger partial charge in [-0.3, -0.25) is 4.79 Å². The van der Waals surface area contributed by atoms with Crippen molar-refractivity contribution in [3.8, 4) is 0 Å². The number of unbranched alkanes of at least 4 members (excludes halogenated alkanes) is 9. The SMILES string of the molecule is CCCCC/C=C\C/C=C\CCCCCCCCOC(=O)[C@@H](N)CC(C)C. The summed E-state index contributed by atoms with van der Waals surface area (Å²) in [4.78, 5) is 11.7. The molecule has 1 atom stereocenters. The highest BCUT2D eigenvalue weighted by atomic mass is 16.5. The van der Waals surface area contributed by atoms with Crippen LogP contribution in [0.4, 0.5) is 0 Å². The molecule has 0 saturated carbocycles. The van der Waals surface area contributed by atoms with E-state index in [9.17, 15) is 4.79 Å². The van der Waals surface area contributed by atoms with Crippen molar-refractivity contribution in [2.45, 2.75) is 110 Å². The minimum Gasteiger partial charge on any atom is -0.465 e. The summed E-state index contributed by atoms with van der Waals surface area (Å²) in [6.07, 6.45) is 24.5. The number of rotatable bonds is 18. The topological polar surface area (TPSA) is 52.3 Å². The monoisotopic (exact) mass is 379 g/mol. The second kappa shape index (κ2) is 19.7. The number of ether oxygens (including phenoxy) is 1. The molecule has 0 aromatic heterocycles. The van der Waals surface area contributed by atoms with Gasteiger partial charge in [-0.25, -0.2) is 0 Å². The van der Waals surface area contributed by atoms with E-state index in [1.807, 2.05) is 0 Å². The normalized spacial score (nSPS) is 13.1. The van der Waals surface area contributed by atoms with Crippen LogP contribution in [0.25, 0.3) is 0 Å². The van der Waals surface area contributed by atoms with Crippen molar-refractivity contribution in [3.63, 3.8) is 0 Å². The van der Waals surface area contributed by atoms with E-state index in [4.69, 9.17) is 10.5 Å². The smallest absolute Gasteiger partial charge is 0.322 e. The molecule has 0 bridgehead atoms. The molecule has 3 nitrogen and oxygen atoms in total. The summed E-state index contributed by atoms with van der Waals surface area (Å²) in [7, 11) is 0. The van der Waals surface area contributed by atoms with E-state index in [0.29, 0.717) is 18.9 Å². The number of hydrogen-bond acceptors (Lipinski definition) is 3. The van der Waals surface area contributed by atoms with Crippen molar-refractivity contribution in [2.75, 3.05) is 6.61 Å². The van der Waals surface area contributed by atoms with E-state index in [1.165, 1.54) is 57.8 Å². The van der Waals surface area contributed by atoms with Crippen LogP contribution >= 0.6 is 0 Å². The average molecular weight is 380 g/mol. The molecule has 0 rings (SSSR count). The zero-order chi connectivity index (χ0) is 20.2. The maximum atomic E-state index is 11.7. The Morgan fingerprint density at radius 1 is 0.852 bits per heavy atom. The first-order valence-electron chi connectivity index (χ1n) is 11.3. The predicted molar refractivity (Wildman–Crippen MR) is 118 cm³/mol. The van der Waals surface area contributed by atoms with E-state index in [2.05, 4.69) is 45.1 Å². The third-order valence-corrected chi connectivity index (χ3v) is 4.62. The fraction of sp³-hybridized carbons (Fsp3) is 0.792. The van der Waals surface area contributed by atoms with Crippen LogP contribution < -0.4 is 5.73 Å². The second-order valence-electron chi connectivity index (χ2n) is 7.99. The van der Waals surface area contributed by atoms with Crippen molar-refractivity contribution >= 4 is 5.97 Å². The van der Waals surface area contributed by atoms with Gasteiger partial charge in [0, 0.05) is 0 Å². The molecule has 0 fully saturated rings. The van der Waals surface area contributed by atoms with Crippen LogP contribution in [0.1, 0.15) is 104 Å². The summed E-state index contributed by atoms with van der Waals surface area (Å²) in [5.74, 6) is 0.181. The lowest BCUT2D eigenvalue weighted by Crippen LogP contribution is -2.33. The highest BCUT2D eigenvalue weighted by Crippen LogP contribution is 2.09. The quantitative estimate of drug-likeness (QED) is 0.163. The Bertz CT molecular complexity index is 388. The number of carbonyl (C=O) groups excluding carboxylic acids is 1. The molecule has 0 aliphatic heterocycles. The Morgan fingerprint density at radius 3 is 2.00 bits per heavy atom. The van der Waals surface area contributed by atoms with Gasteiger partial charge in [-0.05, 0) is 50.9 Å². The Balaban J connectivity index is 3.33. The molecule has 3 heteroatoms. The number of carbonyl (C=O) groups is 1. The van der Waals surface area contributed by atoms with E-state index < -0.39 is 6.04 Å². The van der Waals surface area contributed by atoms with Crippen molar-refractivity contribution < 1.29 is 9.53 Å². The van der Waals surface area contributed by atoms with Crippen LogP contribution in [0.3, 0.4) is 0 Å². The van der Waals surface area contributed by atoms with E-state index in [0.717, 1.165) is 19.3 Å². The molecule has 0 aromatic carbocycles. The first-order chi connectivity index (χ1) is 13.1. The maximum Gasteiger partial charge on any atom is 0.322 e. The number of nitrogens with two attached hydrogens (primary N) is 1. The lowest BCUT2D eigenvalue weighted by Gasteiger charge is -2.13. The minimum absolute atomic E-state index is 0.244. The summed E-state index contributed by atoms with van der Waals surface area (Å²) in [5, 5.41) is 0. The molecule has 0 aliphatic carbocycles. The Labute approximate surface area is 168 Å². The van der Waals surface area contributed by atoms with Crippen LogP contribution in [-0.4, -0.2) is 18.6 Å². The lowest BCUT2D eigenvalue weighted by molar-refractivity contribution is -0.145. The zero-order valence-corrected chi connectivity index (χ0v) is 18.3. The van der Waals surface area contributed by atoms with Crippen LogP contribution in [0.2, 0.25) is 0 Å². The van der Waals surface area contributed by atoms with Gasteiger partial charge in [-0.15, -0.1) is 0 Å². The third-order valence-electron chi connectivity index (χ3n) is 4.62. The fourth-order valence-electron chi connectivity index (χ4n) is 2.97. The number of esters is 1. The lowest BCUT2D eigenvalue weighted by atomic mass is 10.1. The largest absolute Gasteiger partial charge is 0.465 e. The van der Waals surface area contributed by atoms with Crippen LogP contribution in [-0.2, 0) is 9.53 Å². The van der Waals surface area contributed by atoms with Gasteiger partial charge < -0.3 is 10.5 Å². The molecule has 0 aromatic rings. The Morgan fingerprint density at radius 2 is 1.41 bits per heavy atom. The van der Waals surface area contributed by atoms with Crippen molar-refractivity contribution in [3.05, 3.63) is 24.3 Å². The first kappa shape index (κ1) is 25.9. The highest BCUT2D eigenvalue weighted by molar-refractivity contribution is 5.75. The van der Waals surface area contributed by atoms with Crippen LogP contribution in [0, 0.1) is 5.92 Å². The van der Waals surface area contributed by atoms with Gasteiger partial charge in [0.1, 0.15) is 6.04 Å². The summed E-state index contributed by atoms with van der Waals surface area (Å²) in [6.45, 7) is 6.89. The fourth-order valence-corrected chi connectivity index (χ4v) is 2.97. The molecule has 27 heavy (non-hydrogen) atoms. The van der Waals surface area contributed by atoms with Crippen molar-refractivity contribution in [2.24, 2.45) is 11.7 Å². The standard InChI is InChI=1S/C24H45NO2/c1-4-5-6-7-8-9-10-11-12-13-14-15-16-17-18-19-20-27-24(26)23(25)21-22(2)3/h8-9,11-12,22-23H,4-7,10,13-21,25H2,1-3H3/b9-8-,12-11-/t23-/m0/s1. The maximum absolute atomic E-state index is 11.7. The molecular formula is C24H45NO2. The van der Waals surface area contributed by atoms with E-state index >= 15 is 0 Å². The van der Waals surface area contributed by atoms with Gasteiger partial charge in [0.25, 0.3) is 0 Å². The van der Waals surface area contributed by atoms with Crippen molar-refractivity contribution in [1.29, 1.82) is 0 Å². The Kier molecular flexibility index (Phi) is 18.9. The van der Waals surface area contributed by atoms with Crippen LogP contribution in [0.5, 0.6) is 0 Å². The number of allylic oxidation sites excluding steroid dienone is 4. The second-order valence-corrected chi connectivity index (χ2v) is 7.99. The first-order valence-corrected chi connectivity index (χ1v) is 11.3. The molecule has 0 unspecified atom stereocenters. The molecule has 0 heterocycles. The highest BCUT2D eigenvalue weighted by Gasteiger charge is 2.15. The third kappa shape index (κ3) is 19.5. The zero-order valence-electron chi connectivity index (χ0n) is 18.3. The van der Waals surface area contributed by atoms with E-state index in [1.54, 1.807) is 0 Å². The summed E-state index contributed by atoms with van der Waals surface area (Å²) < 4.78 is 5.25. The number of hydrogen-bond donors (Lipinski definition) is 1. The molecule has 158 valence electrons. The van der Waals surface area contributed by atoms with Gasteiger partial charge in [0.2, 0.25) is 0 Å². The van der Waals surface area contributed by atoms with Crippen molar-refractivity contribution in [1.82, 2.24) is 0 Å².